The first kappa shape index (κ1) is 22.7. The van der Waals surface area contributed by atoms with Gasteiger partial charge in [-0.25, -0.2) is 0 Å². The molecule has 0 amide bonds. The van der Waals surface area contributed by atoms with Crippen LogP contribution in [0.3, 0.4) is 0 Å². The van der Waals surface area contributed by atoms with E-state index in [-0.39, 0.29) is 24.0 Å². The first-order valence-electron chi connectivity index (χ1n) is 9.19. The Morgan fingerprint density at radius 3 is 2.48 bits per heavy atom. The van der Waals surface area contributed by atoms with Gasteiger partial charge in [0, 0.05) is 32.8 Å². The number of aliphatic imine (C=N–C) groups is 1. The first-order chi connectivity index (χ1) is 13.7. The van der Waals surface area contributed by atoms with Crippen LogP contribution in [0.15, 0.2) is 47.6 Å². The molecule has 3 rings (SSSR count). The summed E-state index contributed by atoms with van der Waals surface area (Å²) in [5, 5.41) is 15.0. The van der Waals surface area contributed by atoms with Gasteiger partial charge >= 0.3 is 0 Å². The Hall–Kier alpha value is -2.56. The standard InChI is InChI=1S/C20H26N6O2.HI/c1-21-20(22-11-9-15-7-8-16(27-2)17(14-15)28-3)23-12-10-19-25-24-18-6-4-5-13-26(18)19;/h4-8,13-14H,9-12H2,1-3H3,(H2,21,22,23);1H. The van der Waals surface area contributed by atoms with Gasteiger partial charge < -0.3 is 20.1 Å². The molecule has 2 N–H and O–H groups in total. The number of aromatic nitrogens is 3. The molecule has 2 aromatic heterocycles. The van der Waals surface area contributed by atoms with E-state index < -0.39 is 0 Å². The Labute approximate surface area is 187 Å². The topological polar surface area (TPSA) is 85.1 Å². The molecule has 0 unspecified atom stereocenters. The van der Waals surface area contributed by atoms with Crippen LogP contribution in [0.1, 0.15) is 11.4 Å². The second-order valence-electron chi connectivity index (χ2n) is 6.16. The van der Waals surface area contributed by atoms with E-state index in [1.54, 1.807) is 21.3 Å². The van der Waals surface area contributed by atoms with Crippen molar-refractivity contribution in [2.24, 2.45) is 4.99 Å². The molecule has 0 spiro atoms. The Balaban J connectivity index is 0.00000300. The van der Waals surface area contributed by atoms with Crippen LogP contribution in [0.2, 0.25) is 0 Å². The average molecular weight is 510 g/mol. The lowest BCUT2D eigenvalue weighted by Gasteiger charge is -2.13. The molecule has 0 aliphatic rings. The van der Waals surface area contributed by atoms with Gasteiger partial charge in [0.2, 0.25) is 0 Å². The Kier molecular flexibility index (Phi) is 8.97. The molecule has 8 nitrogen and oxygen atoms in total. The number of halogens is 1. The van der Waals surface area contributed by atoms with Gasteiger partial charge in [-0.15, -0.1) is 34.2 Å². The van der Waals surface area contributed by atoms with Crippen LogP contribution in [-0.4, -0.2) is 54.9 Å². The van der Waals surface area contributed by atoms with Gasteiger partial charge in [-0.1, -0.05) is 12.1 Å². The molecule has 0 atom stereocenters. The highest BCUT2D eigenvalue weighted by Crippen LogP contribution is 2.27. The SMILES string of the molecule is CN=C(NCCc1ccc(OC)c(OC)c1)NCCc1nnc2ccccn12.I. The number of benzene rings is 1. The second-order valence-corrected chi connectivity index (χ2v) is 6.16. The summed E-state index contributed by atoms with van der Waals surface area (Å²) < 4.78 is 12.6. The molecule has 9 heteroatoms. The van der Waals surface area contributed by atoms with Crippen molar-refractivity contribution >= 4 is 35.6 Å². The maximum absolute atomic E-state index is 5.35. The normalized spacial score (nSPS) is 11.1. The van der Waals surface area contributed by atoms with Crippen LogP contribution in [0.5, 0.6) is 11.5 Å². The third kappa shape index (κ3) is 5.96. The number of ether oxygens (including phenoxy) is 2. The summed E-state index contributed by atoms with van der Waals surface area (Å²) in [6.07, 6.45) is 3.57. The maximum atomic E-state index is 5.35. The number of hydrogen-bond donors (Lipinski definition) is 2. The highest BCUT2D eigenvalue weighted by Gasteiger charge is 2.06. The van der Waals surface area contributed by atoms with Crippen LogP contribution in [0.25, 0.3) is 5.65 Å². The Bertz CT molecular complexity index is 944. The predicted octanol–water partition coefficient (Wildman–Crippen LogP) is 2.31. The molecule has 0 saturated carbocycles. The van der Waals surface area contributed by atoms with Crippen LogP contribution >= 0.6 is 24.0 Å². The summed E-state index contributed by atoms with van der Waals surface area (Å²) in [5.74, 6) is 3.15. The quantitative estimate of drug-likeness (QED) is 0.275. The molecule has 29 heavy (non-hydrogen) atoms. The lowest BCUT2D eigenvalue weighted by atomic mass is 10.1. The highest BCUT2D eigenvalue weighted by atomic mass is 127. The summed E-state index contributed by atoms with van der Waals surface area (Å²) in [4.78, 5) is 4.27. The lowest BCUT2D eigenvalue weighted by Crippen LogP contribution is -2.39. The molecule has 156 valence electrons. The summed E-state index contributed by atoms with van der Waals surface area (Å²) in [5.41, 5.74) is 2.02. The van der Waals surface area contributed by atoms with Crippen molar-refractivity contribution < 1.29 is 9.47 Å². The summed E-state index contributed by atoms with van der Waals surface area (Å²) in [7, 11) is 5.04. The van der Waals surface area contributed by atoms with E-state index in [0.717, 1.165) is 53.9 Å². The van der Waals surface area contributed by atoms with Crippen molar-refractivity contribution in [2.75, 3.05) is 34.4 Å². The molecule has 0 saturated heterocycles. The van der Waals surface area contributed by atoms with Crippen molar-refractivity contribution in [3.8, 4) is 11.5 Å². The van der Waals surface area contributed by atoms with Gasteiger partial charge in [0.1, 0.15) is 5.82 Å². The van der Waals surface area contributed by atoms with Gasteiger partial charge in [0.25, 0.3) is 0 Å². The van der Waals surface area contributed by atoms with Gasteiger partial charge in [-0.2, -0.15) is 0 Å². The smallest absolute Gasteiger partial charge is 0.191 e. The molecular weight excluding hydrogens is 483 g/mol. The first-order valence-corrected chi connectivity index (χ1v) is 9.19. The van der Waals surface area contributed by atoms with Gasteiger partial charge in [-0.05, 0) is 36.2 Å². The van der Waals surface area contributed by atoms with Crippen molar-refractivity contribution in [3.05, 3.63) is 54.0 Å². The van der Waals surface area contributed by atoms with Gasteiger partial charge in [0.05, 0.1) is 14.2 Å². The minimum Gasteiger partial charge on any atom is -0.493 e. The number of pyridine rings is 1. The monoisotopic (exact) mass is 510 g/mol. The molecule has 3 aromatic rings. The molecule has 0 fully saturated rings. The van der Waals surface area contributed by atoms with Crippen LogP contribution in [0, 0.1) is 0 Å². The zero-order valence-corrected chi connectivity index (χ0v) is 19.2. The lowest BCUT2D eigenvalue weighted by molar-refractivity contribution is 0.354. The number of fused-ring (bicyclic) bond motifs is 1. The van der Waals surface area contributed by atoms with E-state index in [4.69, 9.17) is 9.47 Å². The van der Waals surface area contributed by atoms with Crippen molar-refractivity contribution in [2.45, 2.75) is 12.8 Å². The zero-order valence-electron chi connectivity index (χ0n) is 16.9. The number of guanidine groups is 1. The van der Waals surface area contributed by atoms with Crippen LogP contribution in [0.4, 0.5) is 0 Å². The fraction of sp³-hybridized carbons (Fsp3) is 0.350. The molecule has 0 aliphatic heterocycles. The molecule has 0 bridgehead atoms. The van der Waals surface area contributed by atoms with E-state index in [1.807, 2.05) is 47.0 Å². The molecule has 1 aromatic carbocycles. The minimum absolute atomic E-state index is 0. The number of nitrogens with one attached hydrogen (secondary N) is 2. The van der Waals surface area contributed by atoms with Crippen molar-refractivity contribution in [1.29, 1.82) is 0 Å². The molecule has 0 aliphatic carbocycles. The highest BCUT2D eigenvalue weighted by molar-refractivity contribution is 14.0. The second kappa shape index (κ2) is 11.4. The molecule has 0 radical (unpaired) electrons. The third-order valence-corrected chi connectivity index (χ3v) is 4.40. The number of rotatable bonds is 8. The average Bonchev–Trinajstić information content (AvgIpc) is 3.15. The van der Waals surface area contributed by atoms with Gasteiger partial charge in [0.15, 0.2) is 23.1 Å². The van der Waals surface area contributed by atoms with Crippen LogP contribution < -0.4 is 20.1 Å². The number of methoxy groups -OCH3 is 2. The van der Waals surface area contributed by atoms with E-state index in [0.29, 0.717) is 6.54 Å². The van der Waals surface area contributed by atoms with E-state index in [2.05, 4.69) is 25.8 Å². The number of hydrogen-bond acceptors (Lipinski definition) is 5. The summed E-state index contributed by atoms with van der Waals surface area (Å²) in [6, 6.07) is 11.8. The largest absolute Gasteiger partial charge is 0.493 e. The van der Waals surface area contributed by atoms with Gasteiger partial charge in [-0.3, -0.25) is 9.39 Å². The van der Waals surface area contributed by atoms with Crippen molar-refractivity contribution in [1.82, 2.24) is 25.2 Å². The Morgan fingerprint density at radius 1 is 1.00 bits per heavy atom. The summed E-state index contributed by atoms with van der Waals surface area (Å²) >= 11 is 0. The molecule has 2 heterocycles. The third-order valence-electron chi connectivity index (χ3n) is 4.40. The fourth-order valence-corrected chi connectivity index (χ4v) is 2.94. The predicted molar refractivity (Wildman–Crippen MR) is 125 cm³/mol. The van der Waals surface area contributed by atoms with Crippen LogP contribution in [-0.2, 0) is 12.8 Å². The molecular formula is C20H27IN6O2. The Morgan fingerprint density at radius 2 is 1.76 bits per heavy atom. The summed E-state index contributed by atoms with van der Waals surface area (Å²) in [6.45, 7) is 1.47. The maximum Gasteiger partial charge on any atom is 0.191 e. The van der Waals surface area contributed by atoms with E-state index in [1.165, 1.54) is 0 Å². The van der Waals surface area contributed by atoms with E-state index >= 15 is 0 Å². The van der Waals surface area contributed by atoms with E-state index in [9.17, 15) is 0 Å². The fourth-order valence-electron chi connectivity index (χ4n) is 2.94. The van der Waals surface area contributed by atoms with Crippen molar-refractivity contribution in [3.63, 3.8) is 0 Å². The zero-order chi connectivity index (χ0) is 19.8. The number of nitrogens with zero attached hydrogens (tertiary/aromatic N) is 4. The minimum atomic E-state index is 0.